The zero-order chi connectivity index (χ0) is 17.1. The van der Waals surface area contributed by atoms with Gasteiger partial charge in [0, 0.05) is 15.7 Å². The first-order chi connectivity index (χ1) is 11.5. The van der Waals surface area contributed by atoms with E-state index in [1.165, 1.54) is 11.8 Å². The molecule has 1 fully saturated rings. The van der Waals surface area contributed by atoms with Gasteiger partial charge in [0.1, 0.15) is 5.37 Å². The SMILES string of the molecule is O=C1CS[C@H](c2ccc(Cl)cc2)N1NC(=S)Nc1ccc(Cl)cc1. The Balaban J connectivity index is 1.69. The summed E-state index contributed by atoms with van der Waals surface area (Å²) in [6, 6.07) is 14.6. The first-order valence-electron chi connectivity index (χ1n) is 7.05. The molecule has 2 aromatic rings. The van der Waals surface area contributed by atoms with Crippen molar-refractivity contribution in [1.82, 2.24) is 10.4 Å². The molecule has 0 spiro atoms. The van der Waals surface area contributed by atoms with E-state index in [1.807, 2.05) is 36.4 Å². The monoisotopic (exact) mass is 397 g/mol. The molecule has 2 N–H and O–H groups in total. The summed E-state index contributed by atoms with van der Waals surface area (Å²) < 4.78 is 0. The third-order valence-corrected chi connectivity index (χ3v) is 5.26. The van der Waals surface area contributed by atoms with E-state index in [-0.39, 0.29) is 11.3 Å². The van der Waals surface area contributed by atoms with Crippen molar-refractivity contribution < 1.29 is 4.79 Å². The first kappa shape index (κ1) is 17.4. The average Bonchev–Trinajstić information content (AvgIpc) is 2.91. The third-order valence-electron chi connectivity index (χ3n) is 3.35. The topological polar surface area (TPSA) is 44.4 Å². The van der Waals surface area contributed by atoms with Gasteiger partial charge in [-0.3, -0.25) is 10.2 Å². The number of benzene rings is 2. The van der Waals surface area contributed by atoms with E-state index < -0.39 is 0 Å². The summed E-state index contributed by atoms with van der Waals surface area (Å²) in [7, 11) is 0. The number of nitrogens with zero attached hydrogens (tertiary/aromatic N) is 1. The fourth-order valence-corrected chi connectivity index (χ4v) is 3.80. The number of anilines is 1. The van der Waals surface area contributed by atoms with Crippen LogP contribution in [-0.2, 0) is 4.79 Å². The molecular weight excluding hydrogens is 385 g/mol. The van der Waals surface area contributed by atoms with E-state index in [0.29, 0.717) is 20.9 Å². The fourth-order valence-electron chi connectivity index (χ4n) is 2.22. The number of thioether (sulfide) groups is 1. The second kappa shape index (κ2) is 7.61. The molecule has 1 atom stereocenters. The number of amides is 1. The van der Waals surface area contributed by atoms with E-state index in [4.69, 9.17) is 35.4 Å². The lowest BCUT2D eigenvalue weighted by atomic mass is 10.2. The molecule has 4 nitrogen and oxygen atoms in total. The van der Waals surface area contributed by atoms with Crippen molar-refractivity contribution in [3.63, 3.8) is 0 Å². The molecule has 0 unspecified atom stereocenters. The molecule has 0 saturated carbocycles. The van der Waals surface area contributed by atoms with Crippen LogP contribution in [0.4, 0.5) is 5.69 Å². The van der Waals surface area contributed by atoms with E-state index in [0.717, 1.165) is 11.3 Å². The molecule has 1 aliphatic rings. The summed E-state index contributed by atoms with van der Waals surface area (Å²) in [6.07, 6.45) is 0. The van der Waals surface area contributed by atoms with Crippen molar-refractivity contribution >= 4 is 63.9 Å². The Labute approximate surface area is 159 Å². The summed E-state index contributed by atoms with van der Waals surface area (Å²) in [4.78, 5) is 12.2. The van der Waals surface area contributed by atoms with Crippen LogP contribution in [0.15, 0.2) is 48.5 Å². The number of carbonyl (C=O) groups is 1. The normalized spacial score (nSPS) is 17.0. The standard InChI is InChI=1S/C16H13Cl2N3OS2/c17-11-3-1-10(2-4-11)15-21(14(22)9-24-15)20-16(23)19-13-7-5-12(18)6-8-13/h1-8,15H,9H2,(H2,19,20,23)/t15-/m1/s1. The summed E-state index contributed by atoms with van der Waals surface area (Å²) in [5.74, 6) is 0.365. The van der Waals surface area contributed by atoms with Gasteiger partial charge in [0.2, 0.25) is 0 Å². The lowest BCUT2D eigenvalue weighted by Crippen LogP contribution is -2.46. The molecule has 0 bridgehead atoms. The number of thiocarbonyl (C=S) groups is 1. The lowest BCUT2D eigenvalue weighted by Gasteiger charge is -2.26. The van der Waals surface area contributed by atoms with Crippen LogP contribution >= 0.6 is 47.2 Å². The second-order valence-electron chi connectivity index (χ2n) is 5.05. The summed E-state index contributed by atoms with van der Waals surface area (Å²) in [5, 5.41) is 6.07. The van der Waals surface area contributed by atoms with Gasteiger partial charge in [-0.1, -0.05) is 35.3 Å². The molecule has 0 aliphatic carbocycles. The maximum Gasteiger partial charge on any atom is 0.252 e. The number of nitrogens with one attached hydrogen (secondary N) is 2. The van der Waals surface area contributed by atoms with Crippen molar-refractivity contribution in [2.45, 2.75) is 5.37 Å². The first-order valence-corrected chi connectivity index (χ1v) is 9.26. The van der Waals surface area contributed by atoms with Crippen LogP contribution in [0.25, 0.3) is 0 Å². The highest BCUT2D eigenvalue weighted by Gasteiger charge is 2.33. The van der Waals surface area contributed by atoms with Gasteiger partial charge in [-0.25, -0.2) is 5.01 Å². The molecule has 3 rings (SSSR count). The third kappa shape index (κ3) is 4.13. The Morgan fingerprint density at radius 3 is 2.29 bits per heavy atom. The molecule has 1 aliphatic heterocycles. The lowest BCUT2D eigenvalue weighted by molar-refractivity contribution is -0.129. The zero-order valence-electron chi connectivity index (χ0n) is 12.3. The fraction of sp³-hybridized carbons (Fsp3) is 0.125. The molecule has 1 saturated heterocycles. The number of hydrazine groups is 1. The van der Waals surface area contributed by atoms with Gasteiger partial charge >= 0.3 is 0 Å². The van der Waals surface area contributed by atoms with E-state index in [2.05, 4.69) is 10.7 Å². The van der Waals surface area contributed by atoms with Crippen LogP contribution in [0.2, 0.25) is 10.0 Å². The highest BCUT2D eigenvalue weighted by Crippen LogP contribution is 2.37. The van der Waals surface area contributed by atoms with Gasteiger partial charge < -0.3 is 5.32 Å². The molecule has 0 radical (unpaired) electrons. The quantitative estimate of drug-likeness (QED) is 0.747. The van der Waals surface area contributed by atoms with Crippen LogP contribution in [-0.4, -0.2) is 21.8 Å². The second-order valence-corrected chi connectivity index (χ2v) is 7.40. The molecule has 2 aromatic carbocycles. The summed E-state index contributed by atoms with van der Waals surface area (Å²) >= 11 is 18.6. The number of hydrogen-bond acceptors (Lipinski definition) is 3. The predicted octanol–water partition coefficient (Wildman–Crippen LogP) is 4.47. The van der Waals surface area contributed by atoms with Crippen molar-refractivity contribution in [2.24, 2.45) is 0 Å². The highest BCUT2D eigenvalue weighted by atomic mass is 35.5. The van der Waals surface area contributed by atoms with Gasteiger partial charge in [0.25, 0.3) is 5.91 Å². The van der Waals surface area contributed by atoms with Crippen LogP contribution in [0.3, 0.4) is 0 Å². The van der Waals surface area contributed by atoms with Gasteiger partial charge in [-0.2, -0.15) is 0 Å². The number of carbonyl (C=O) groups excluding carboxylic acids is 1. The maximum atomic E-state index is 12.2. The Bertz CT molecular complexity index is 753. The Morgan fingerprint density at radius 1 is 1.08 bits per heavy atom. The van der Waals surface area contributed by atoms with Gasteiger partial charge in [-0.05, 0) is 54.2 Å². The smallest absolute Gasteiger partial charge is 0.252 e. The minimum atomic E-state index is -0.153. The molecule has 8 heteroatoms. The number of hydrogen-bond donors (Lipinski definition) is 2. The van der Waals surface area contributed by atoms with Crippen LogP contribution in [0.5, 0.6) is 0 Å². The Kier molecular flexibility index (Phi) is 5.50. The van der Waals surface area contributed by atoms with E-state index in [9.17, 15) is 4.79 Å². The average molecular weight is 398 g/mol. The Morgan fingerprint density at radius 2 is 1.67 bits per heavy atom. The zero-order valence-corrected chi connectivity index (χ0v) is 15.5. The van der Waals surface area contributed by atoms with Crippen LogP contribution in [0, 0.1) is 0 Å². The van der Waals surface area contributed by atoms with Gasteiger partial charge in [0.15, 0.2) is 5.11 Å². The summed E-state index contributed by atoms with van der Waals surface area (Å²) in [6.45, 7) is 0. The molecule has 1 heterocycles. The molecule has 24 heavy (non-hydrogen) atoms. The molecule has 0 aromatic heterocycles. The Hall–Kier alpha value is -1.47. The van der Waals surface area contributed by atoms with E-state index >= 15 is 0 Å². The number of halogens is 2. The van der Waals surface area contributed by atoms with E-state index in [1.54, 1.807) is 17.1 Å². The van der Waals surface area contributed by atoms with Gasteiger partial charge in [-0.15, -0.1) is 11.8 Å². The molecule has 124 valence electrons. The minimum absolute atomic E-state index is 0.0276. The summed E-state index contributed by atoms with van der Waals surface area (Å²) in [5.41, 5.74) is 4.75. The van der Waals surface area contributed by atoms with Crippen molar-refractivity contribution in [2.75, 3.05) is 11.1 Å². The molecule has 1 amide bonds. The molecular formula is C16H13Cl2N3OS2. The maximum absolute atomic E-state index is 12.2. The minimum Gasteiger partial charge on any atom is -0.331 e. The highest BCUT2D eigenvalue weighted by molar-refractivity contribution is 8.00. The van der Waals surface area contributed by atoms with Crippen LogP contribution in [0.1, 0.15) is 10.9 Å². The van der Waals surface area contributed by atoms with Crippen molar-refractivity contribution in [3.05, 3.63) is 64.1 Å². The predicted molar refractivity (Wildman–Crippen MR) is 104 cm³/mol. The number of rotatable bonds is 3. The van der Waals surface area contributed by atoms with Gasteiger partial charge in [0.05, 0.1) is 5.75 Å². The largest absolute Gasteiger partial charge is 0.331 e. The van der Waals surface area contributed by atoms with Crippen molar-refractivity contribution in [3.8, 4) is 0 Å². The van der Waals surface area contributed by atoms with Crippen molar-refractivity contribution in [1.29, 1.82) is 0 Å². The van der Waals surface area contributed by atoms with Crippen LogP contribution < -0.4 is 10.7 Å².